The van der Waals surface area contributed by atoms with Crippen LogP contribution in [0, 0.1) is 0 Å². The number of guanidine groups is 1. The van der Waals surface area contributed by atoms with Crippen molar-refractivity contribution in [3.05, 3.63) is 57.2 Å². The van der Waals surface area contributed by atoms with Gasteiger partial charge in [-0.1, -0.05) is 29.8 Å². The molecule has 0 saturated carbocycles. The van der Waals surface area contributed by atoms with Crippen LogP contribution in [0.4, 0.5) is 0 Å². The molecule has 1 fully saturated rings. The highest BCUT2D eigenvalue weighted by Gasteiger charge is 2.35. The number of rotatable bonds is 6. The van der Waals surface area contributed by atoms with E-state index in [0.29, 0.717) is 0 Å². The van der Waals surface area contributed by atoms with Crippen molar-refractivity contribution in [2.24, 2.45) is 4.99 Å². The molecule has 2 heterocycles. The molecule has 1 aromatic carbocycles. The highest BCUT2D eigenvalue weighted by molar-refractivity contribution is 14.0. The normalized spacial score (nSPS) is 16.3. The fraction of sp³-hybridized carbons (Fsp3) is 0.476. The number of nitrogens with one attached hydrogen (secondary N) is 1. The molecule has 0 amide bonds. The lowest BCUT2D eigenvalue weighted by atomic mass is 9.74. The zero-order valence-corrected chi connectivity index (χ0v) is 20.4. The molecule has 3 rings (SSSR count). The second-order valence-electron chi connectivity index (χ2n) is 7.05. The van der Waals surface area contributed by atoms with E-state index < -0.39 is 0 Å². The van der Waals surface area contributed by atoms with Gasteiger partial charge in [0.2, 0.25) is 0 Å². The smallest absolute Gasteiger partial charge is 0.193 e. The zero-order valence-electron chi connectivity index (χ0n) is 16.5. The Morgan fingerprint density at radius 2 is 2.07 bits per heavy atom. The number of thiophene rings is 1. The van der Waals surface area contributed by atoms with Gasteiger partial charge in [-0.2, -0.15) is 0 Å². The standard InChI is InChI=1S/C21H28ClN3OS.HI/c1-23-20(25(2)11-8-19-7-4-14-27-19)24-16-21(9-12-26-13-10-21)17-5-3-6-18(22)15-17;/h3-7,14-15H,8-13,16H2,1-2H3,(H,23,24);1H. The van der Waals surface area contributed by atoms with Crippen molar-refractivity contribution >= 4 is 52.9 Å². The van der Waals surface area contributed by atoms with Crippen LogP contribution in [0.3, 0.4) is 0 Å². The summed E-state index contributed by atoms with van der Waals surface area (Å²) in [7, 11) is 3.94. The van der Waals surface area contributed by atoms with Gasteiger partial charge in [-0.25, -0.2) is 0 Å². The van der Waals surface area contributed by atoms with Crippen molar-refractivity contribution in [3.63, 3.8) is 0 Å². The quantitative estimate of drug-likeness (QED) is 0.329. The second-order valence-corrected chi connectivity index (χ2v) is 8.52. The van der Waals surface area contributed by atoms with Gasteiger partial charge in [-0.3, -0.25) is 4.99 Å². The van der Waals surface area contributed by atoms with Crippen molar-refractivity contribution < 1.29 is 4.74 Å². The average Bonchev–Trinajstić information content (AvgIpc) is 3.21. The largest absolute Gasteiger partial charge is 0.381 e. The van der Waals surface area contributed by atoms with Crippen molar-refractivity contribution in [3.8, 4) is 0 Å². The maximum Gasteiger partial charge on any atom is 0.193 e. The van der Waals surface area contributed by atoms with Gasteiger partial charge in [-0.05, 0) is 48.4 Å². The van der Waals surface area contributed by atoms with Gasteiger partial charge < -0.3 is 15.0 Å². The first-order valence-corrected chi connectivity index (χ1v) is 10.7. The number of benzene rings is 1. The Morgan fingerprint density at radius 1 is 1.29 bits per heavy atom. The van der Waals surface area contributed by atoms with Gasteiger partial charge in [0, 0.05) is 55.7 Å². The third kappa shape index (κ3) is 6.08. The molecule has 1 aliphatic rings. The molecule has 0 radical (unpaired) electrons. The molecule has 1 aromatic heterocycles. The van der Waals surface area contributed by atoms with E-state index in [1.165, 1.54) is 10.4 Å². The van der Waals surface area contributed by atoms with Crippen molar-refractivity contribution in [2.45, 2.75) is 24.7 Å². The molecule has 154 valence electrons. The molecule has 4 nitrogen and oxygen atoms in total. The molecular weight excluding hydrogens is 505 g/mol. The number of likely N-dealkylation sites (N-methyl/N-ethyl adjacent to an activating group) is 1. The van der Waals surface area contributed by atoms with Crippen LogP contribution in [0.5, 0.6) is 0 Å². The Hall–Kier alpha value is -0.830. The number of ether oxygens (including phenoxy) is 1. The molecule has 28 heavy (non-hydrogen) atoms. The maximum absolute atomic E-state index is 6.27. The predicted molar refractivity (Wildman–Crippen MR) is 131 cm³/mol. The Morgan fingerprint density at radius 3 is 2.71 bits per heavy atom. The van der Waals surface area contributed by atoms with E-state index in [4.69, 9.17) is 16.3 Å². The number of halogens is 2. The zero-order chi connectivity index (χ0) is 19.1. The molecular formula is C21H29ClIN3OS. The first-order valence-electron chi connectivity index (χ1n) is 9.41. The van der Waals surface area contributed by atoms with E-state index >= 15 is 0 Å². The van der Waals surface area contributed by atoms with E-state index in [-0.39, 0.29) is 29.4 Å². The van der Waals surface area contributed by atoms with Crippen molar-refractivity contribution in [2.75, 3.05) is 40.4 Å². The Bertz CT molecular complexity index is 748. The van der Waals surface area contributed by atoms with Crippen LogP contribution in [0.1, 0.15) is 23.3 Å². The highest BCUT2D eigenvalue weighted by atomic mass is 127. The van der Waals surface area contributed by atoms with E-state index in [0.717, 1.165) is 56.5 Å². The molecule has 1 N–H and O–H groups in total. The fourth-order valence-electron chi connectivity index (χ4n) is 3.62. The summed E-state index contributed by atoms with van der Waals surface area (Å²) in [5, 5.41) is 6.52. The van der Waals surface area contributed by atoms with Crippen LogP contribution in [0.2, 0.25) is 5.02 Å². The van der Waals surface area contributed by atoms with Gasteiger partial charge in [-0.15, -0.1) is 35.3 Å². The molecule has 0 bridgehead atoms. The summed E-state index contributed by atoms with van der Waals surface area (Å²) in [4.78, 5) is 8.09. The fourth-order valence-corrected chi connectivity index (χ4v) is 4.51. The van der Waals surface area contributed by atoms with Gasteiger partial charge in [0.1, 0.15) is 0 Å². The molecule has 1 aliphatic heterocycles. The molecule has 0 spiro atoms. The lowest BCUT2D eigenvalue weighted by Gasteiger charge is -2.39. The van der Waals surface area contributed by atoms with Crippen molar-refractivity contribution in [1.29, 1.82) is 0 Å². The lowest BCUT2D eigenvalue weighted by Crippen LogP contribution is -2.48. The first-order chi connectivity index (χ1) is 13.1. The highest BCUT2D eigenvalue weighted by Crippen LogP contribution is 2.35. The topological polar surface area (TPSA) is 36.9 Å². The van der Waals surface area contributed by atoms with Gasteiger partial charge in [0.25, 0.3) is 0 Å². The summed E-state index contributed by atoms with van der Waals surface area (Å²) in [6.45, 7) is 3.32. The first kappa shape index (κ1) is 23.4. The minimum Gasteiger partial charge on any atom is -0.381 e. The Balaban J connectivity index is 0.00000280. The third-order valence-corrected chi connectivity index (χ3v) is 6.49. The lowest BCUT2D eigenvalue weighted by molar-refractivity contribution is 0.0512. The minimum atomic E-state index is 0. The molecule has 0 aliphatic carbocycles. The van der Waals surface area contributed by atoms with E-state index in [1.807, 2.05) is 19.2 Å². The minimum absolute atomic E-state index is 0. The van der Waals surface area contributed by atoms with Gasteiger partial charge in [0.05, 0.1) is 0 Å². The molecule has 0 atom stereocenters. The predicted octanol–water partition coefficient (Wildman–Crippen LogP) is 4.82. The number of nitrogens with zero attached hydrogens (tertiary/aromatic N) is 2. The van der Waals surface area contributed by atoms with E-state index in [9.17, 15) is 0 Å². The molecule has 7 heteroatoms. The van der Waals surface area contributed by atoms with E-state index in [1.54, 1.807) is 11.3 Å². The molecule has 2 aromatic rings. The van der Waals surface area contributed by atoms with Crippen LogP contribution in [-0.2, 0) is 16.6 Å². The van der Waals surface area contributed by atoms with Crippen LogP contribution < -0.4 is 5.32 Å². The van der Waals surface area contributed by atoms with Crippen LogP contribution >= 0.6 is 46.9 Å². The Labute approximate surface area is 194 Å². The summed E-state index contributed by atoms with van der Waals surface area (Å²) >= 11 is 8.08. The third-order valence-electron chi connectivity index (χ3n) is 5.32. The summed E-state index contributed by atoms with van der Waals surface area (Å²) in [6.07, 6.45) is 2.99. The maximum atomic E-state index is 6.27. The monoisotopic (exact) mass is 533 g/mol. The summed E-state index contributed by atoms with van der Waals surface area (Å²) in [5.74, 6) is 0.930. The molecule has 0 unspecified atom stereocenters. The van der Waals surface area contributed by atoms with Gasteiger partial charge in [0.15, 0.2) is 5.96 Å². The second kappa shape index (κ2) is 11.4. The van der Waals surface area contributed by atoms with Crippen LogP contribution in [0.15, 0.2) is 46.8 Å². The number of hydrogen-bond acceptors (Lipinski definition) is 3. The van der Waals surface area contributed by atoms with Gasteiger partial charge >= 0.3 is 0 Å². The number of hydrogen-bond donors (Lipinski definition) is 1. The van der Waals surface area contributed by atoms with E-state index in [2.05, 4.69) is 51.9 Å². The average molecular weight is 534 g/mol. The summed E-state index contributed by atoms with van der Waals surface area (Å²) in [6, 6.07) is 12.5. The van der Waals surface area contributed by atoms with Crippen molar-refractivity contribution in [1.82, 2.24) is 10.2 Å². The summed E-state index contributed by atoms with van der Waals surface area (Å²) < 4.78 is 5.64. The van der Waals surface area contributed by atoms with Crippen LogP contribution in [0.25, 0.3) is 0 Å². The summed E-state index contributed by atoms with van der Waals surface area (Å²) in [5.41, 5.74) is 1.30. The Kier molecular flexibility index (Phi) is 9.53. The van der Waals surface area contributed by atoms with Crippen LogP contribution in [-0.4, -0.2) is 51.3 Å². The number of aliphatic imine (C=N–C) groups is 1. The SMILES string of the molecule is CN=C(NCC1(c2cccc(Cl)c2)CCOCC1)N(C)CCc1cccs1.I. The molecule has 1 saturated heterocycles.